The van der Waals surface area contributed by atoms with Crippen LogP contribution >= 0.6 is 0 Å². The van der Waals surface area contributed by atoms with Gasteiger partial charge >= 0.3 is 0 Å². The molecule has 2 unspecified atom stereocenters. The molecule has 1 aliphatic heterocycles. The number of piperidine rings is 1. The molecule has 0 aromatic heterocycles. The molecule has 2 atom stereocenters. The fourth-order valence-electron chi connectivity index (χ4n) is 3.26. The first kappa shape index (κ1) is 10.2. The lowest BCUT2D eigenvalue weighted by Gasteiger charge is -2.29. The SMILES string of the molecule is NCCc1ccc(N2CC3CCC2C3)cc1. The van der Waals surface area contributed by atoms with Crippen LogP contribution < -0.4 is 10.6 Å². The highest BCUT2D eigenvalue weighted by Crippen LogP contribution is 2.40. The van der Waals surface area contributed by atoms with Crippen molar-refractivity contribution >= 4 is 5.69 Å². The minimum atomic E-state index is 0.744. The summed E-state index contributed by atoms with van der Waals surface area (Å²) in [5, 5.41) is 0. The lowest BCUT2D eigenvalue weighted by molar-refractivity contribution is 0.553. The van der Waals surface area contributed by atoms with Crippen LogP contribution in [0, 0.1) is 5.92 Å². The summed E-state index contributed by atoms with van der Waals surface area (Å²) in [6, 6.07) is 9.82. The normalized spacial score (nSPS) is 27.7. The second-order valence-corrected chi connectivity index (χ2v) is 5.19. The smallest absolute Gasteiger partial charge is 0.0368 e. The molecule has 86 valence electrons. The fourth-order valence-corrected chi connectivity index (χ4v) is 3.26. The van der Waals surface area contributed by atoms with Gasteiger partial charge in [0, 0.05) is 18.3 Å². The molecule has 1 aromatic rings. The maximum atomic E-state index is 5.56. The van der Waals surface area contributed by atoms with Gasteiger partial charge in [-0.1, -0.05) is 12.1 Å². The molecule has 2 nitrogen and oxygen atoms in total. The van der Waals surface area contributed by atoms with Gasteiger partial charge in [0.05, 0.1) is 0 Å². The average Bonchev–Trinajstić information content (AvgIpc) is 2.92. The van der Waals surface area contributed by atoms with Crippen LogP contribution in [0.15, 0.2) is 24.3 Å². The number of hydrogen-bond donors (Lipinski definition) is 1. The topological polar surface area (TPSA) is 29.3 Å². The molecule has 1 heterocycles. The highest BCUT2D eigenvalue weighted by molar-refractivity contribution is 5.50. The quantitative estimate of drug-likeness (QED) is 0.839. The van der Waals surface area contributed by atoms with E-state index in [9.17, 15) is 0 Å². The third kappa shape index (κ3) is 1.71. The van der Waals surface area contributed by atoms with Gasteiger partial charge in [-0.05, 0) is 55.8 Å². The van der Waals surface area contributed by atoms with Crippen molar-refractivity contribution in [2.45, 2.75) is 31.7 Å². The zero-order chi connectivity index (χ0) is 11.0. The molecule has 2 bridgehead atoms. The molecule has 0 spiro atoms. The van der Waals surface area contributed by atoms with Crippen LogP contribution in [0.2, 0.25) is 0 Å². The Balaban J connectivity index is 1.75. The van der Waals surface area contributed by atoms with Crippen LogP contribution in [0.1, 0.15) is 24.8 Å². The number of fused-ring (bicyclic) bond motifs is 2. The highest BCUT2D eigenvalue weighted by Gasteiger charge is 2.37. The summed E-state index contributed by atoms with van der Waals surface area (Å²) in [5.74, 6) is 0.966. The minimum Gasteiger partial charge on any atom is -0.368 e. The third-order valence-corrected chi connectivity index (χ3v) is 4.11. The van der Waals surface area contributed by atoms with Gasteiger partial charge in [-0.25, -0.2) is 0 Å². The highest BCUT2D eigenvalue weighted by atomic mass is 15.2. The molecule has 0 radical (unpaired) electrons. The zero-order valence-electron chi connectivity index (χ0n) is 9.73. The number of nitrogens with zero attached hydrogens (tertiary/aromatic N) is 1. The van der Waals surface area contributed by atoms with Gasteiger partial charge < -0.3 is 10.6 Å². The molecule has 1 aromatic carbocycles. The van der Waals surface area contributed by atoms with Gasteiger partial charge in [0.15, 0.2) is 0 Å². The second kappa shape index (κ2) is 4.10. The van der Waals surface area contributed by atoms with Crippen molar-refractivity contribution in [3.05, 3.63) is 29.8 Å². The Morgan fingerprint density at radius 3 is 2.56 bits per heavy atom. The molecule has 2 N–H and O–H groups in total. The molecular weight excluding hydrogens is 196 g/mol. The second-order valence-electron chi connectivity index (χ2n) is 5.19. The van der Waals surface area contributed by atoms with Crippen molar-refractivity contribution in [2.75, 3.05) is 18.0 Å². The van der Waals surface area contributed by atoms with E-state index in [0.29, 0.717) is 0 Å². The van der Waals surface area contributed by atoms with E-state index in [2.05, 4.69) is 29.2 Å². The van der Waals surface area contributed by atoms with E-state index < -0.39 is 0 Å². The van der Waals surface area contributed by atoms with Crippen LogP contribution in [0.4, 0.5) is 5.69 Å². The maximum Gasteiger partial charge on any atom is 0.0368 e. The van der Waals surface area contributed by atoms with E-state index >= 15 is 0 Å². The molecule has 16 heavy (non-hydrogen) atoms. The number of benzene rings is 1. The molecule has 0 amide bonds. The molecule has 2 fully saturated rings. The first-order valence-corrected chi connectivity index (χ1v) is 6.42. The summed E-state index contributed by atoms with van der Waals surface area (Å²) in [4.78, 5) is 2.60. The molecule has 1 aliphatic carbocycles. The van der Waals surface area contributed by atoms with E-state index in [1.165, 1.54) is 37.1 Å². The number of rotatable bonds is 3. The van der Waals surface area contributed by atoms with Crippen LogP contribution in [0.25, 0.3) is 0 Å². The number of hydrogen-bond acceptors (Lipinski definition) is 2. The van der Waals surface area contributed by atoms with Crippen LogP contribution in [-0.4, -0.2) is 19.1 Å². The fraction of sp³-hybridized carbons (Fsp3) is 0.571. The molecule has 1 saturated carbocycles. The van der Waals surface area contributed by atoms with Crippen molar-refractivity contribution in [1.82, 2.24) is 0 Å². The molecule has 3 rings (SSSR count). The van der Waals surface area contributed by atoms with Crippen molar-refractivity contribution in [1.29, 1.82) is 0 Å². The molecule has 2 heteroatoms. The van der Waals surface area contributed by atoms with Crippen LogP contribution in [0.5, 0.6) is 0 Å². The lowest BCUT2D eigenvalue weighted by atomic mass is 10.1. The Morgan fingerprint density at radius 1 is 1.19 bits per heavy atom. The zero-order valence-corrected chi connectivity index (χ0v) is 9.73. The summed E-state index contributed by atoms with van der Waals surface area (Å²) in [7, 11) is 0. The van der Waals surface area contributed by atoms with Crippen molar-refractivity contribution in [2.24, 2.45) is 11.7 Å². The first-order valence-electron chi connectivity index (χ1n) is 6.42. The van der Waals surface area contributed by atoms with E-state index in [0.717, 1.165) is 24.9 Å². The Bertz CT molecular complexity index is 358. The Labute approximate surface area is 97.4 Å². The van der Waals surface area contributed by atoms with Crippen molar-refractivity contribution in [3.8, 4) is 0 Å². The van der Waals surface area contributed by atoms with Gasteiger partial charge in [0.25, 0.3) is 0 Å². The van der Waals surface area contributed by atoms with E-state index in [4.69, 9.17) is 5.73 Å². The summed E-state index contributed by atoms with van der Waals surface area (Å²) in [6.45, 7) is 2.02. The largest absolute Gasteiger partial charge is 0.368 e. The summed E-state index contributed by atoms with van der Waals surface area (Å²) < 4.78 is 0. The van der Waals surface area contributed by atoms with Gasteiger partial charge in [-0.2, -0.15) is 0 Å². The molecule has 2 aliphatic rings. The molecular formula is C14H20N2. The minimum absolute atomic E-state index is 0.744. The Hall–Kier alpha value is -1.02. The Kier molecular flexibility index (Phi) is 2.60. The predicted molar refractivity (Wildman–Crippen MR) is 67.7 cm³/mol. The maximum absolute atomic E-state index is 5.56. The van der Waals surface area contributed by atoms with Crippen LogP contribution in [-0.2, 0) is 6.42 Å². The van der Waals surface area contributed by atoms with Gasteiger partial charge in [-0.3, -0.25) is 0 Å². The summed E-state index contributed by atoms with van der Waals surface area (Å²) in [6.07, 6.45) is 5.26. The lowest BCUT2D eigenvalue weighted by Crippen LogP contribution is -2.31. The monoisotopic (exact) mass is 216 g/mol. The average molecular weight is 216 g/mol. The number of anilines is 1. The summed E-state index contributed by atoms with van der Waals surface area (Å²) in [5.41, 5.74) is 8.33. The van der Waals surface area contributed by atoms with Gasteiger partial charge in [0.2, 0.25) is 0 Å². The van der Waals surface area contributed by atoms with Crippen molar-refractivity contribution in [3.63, 3.8) is 0 Å². The van der Waals surface area contributed by atoms with Gasteiger partial charge in [-0.15, -0.1) is 0 Å². The summed E-state index contributed by atoms with van der Waals surface area (Å²) >= 11 is 0. The standard InChI is InChI=1S/C14H20N2/c15-8-7-11-1-4-13(5-2-11)16-10-12-3-6-14(16)9-12/h1-2,4-5,12,14H,3,6-10,15H2. The Morgan fingerprint density at radius 2 is 2.00 bits per heavy atom. The van der Waals surface area contributed by atoms with Crippen molar-refractivity contribution < 1.29 is 0 Å². The van der Waals surface area contributed by atoms with Gasteiger partial charge in [0.1, 0.15) is 0 Å². The van der Waals surface area contributed by atoms with Crippen LogP contribution in [0.3, 0.4) is 0 Å². The van der Waals surface area contributed by atoms with E-state index in [1.807, 2.05) is 0 Å². The molecule has 1 saturated heterocycles. The van der Waals surface area contributed by atoms with E-state index in [1.54, 1.807) is 0 Å². The first-order chi connectivity index (χ1) is 7.86. The number of nitrogens with two attached hydrogens (primary N) is 1. The third-order valence-electron chi connectivity index (χ3n) is 4.11. The predicted octanol–water partition coefficient (Wildman–Crippen LogP) is 2.18. The van der Waals surface area contributed by atoms with E-state index in [-0.39, 0.29) is 0 Å².